The van der Waals surface area contributed by atoms with Gasteiger partial charge in [-0.25, -0.2) is 0 Å². The highest BCUT2D eigenvalue weighted by atomic mass is 32.1. The molecule has 3 rings (SSSR count). The summed E-state index contributed by atoms with van der Waals surface area (Å²) in [6.45, 7) is 17.5. The van der Waals surface area contributed by atoms with E-state index in [9.17, 15) is 0 Å². The zero-order valence-electron chi connectivity index (χ0n) is 14.9. The van der Waals surface area contributed by atoms with Crippen molar-refractivity contribution >= 4 is 21.4 Å². The number of hydrogen-bond acceptors (Lipinski definition) is 3. The van der Waals surface area contributed by atoms with Crippen molar-refractivity contribution in [2.45, 2.75) is 66.6 Å². The van der Waals surface area contributed by atoms with Gasteiger partial charge in [0.15, 0.2) is 11.5 Å². The second-order valence-electron chi connectivity index (χ2n) is 8.47. The first-order chi connectivity index (χ1) is 9.96. The molecular formula is C19H26O2S. The summed E-state index contributed by atoms with van der Waals surface area (Å²) in [5, 5.41) is 3.45. The summed E-state index contributed by atoms with van der Waals surface area (Å²) in [7, 11) is 0. The molecule has 3 heteroatoms. The molecule has 1 aromatic heterocycles. The molecule has 0 bridgehead atoms. The van der Waals surface area contributed by atoms with Gasteiger partial charge in [-0.15, -0.1) is 11.3 Å². The van der Waals surface area contributed by atoms with E-state index < -0.39 is 5.79 Å². The first-order valence-corrected chi connectivity index (χ1v) is 8.76. The second-order valence-corrected chi connectivity index (χ2v) is 9.39. The van der Waals surface area contributed by atoms with Gasteiger partial charge in [0.2, 0.25) is 0 Å². The lowest BCUT2D eigenvalue weighted by atomic mass is 9.81. The van der Waals surface area contributed by atoms with Crippen LogP contribution in [-0.2, 0) is 5.41 Å². The number of ether oxygens (including phenoxy) is 2. The summed E-state index contributed by atoms with van der Waals surface area (Å²) in [5.41, 5.74) is 2.54. The molecule has 1 atom stereocenters. The molecule has 0 saturated carbocycles. The smallest absolute Gasteiger partial charge is 0.253 e. The van der Waals surface area contributed by atoms with Gasteiger partial charge in [-0.3, -0.25) is 0 Å². The fraction of sp³-hybridized carbons (Fsp3) is 0.579. The van der Waals surface area contributed by atoms with Crippen LogP contribution in [0.4, 0.5) is 0 Å². The summed E-state index contributed by atoms with van der Waals surface area (Å²) in [4.78, 5) is 0. The predicted molar refractivity (Wildman–Crippen MR) is 94.4 cm³/mol. The molecule has 2 aromatic rings. The van der Waals surface area contributed by atoms with E-state index in [0.717, 1.165) is 11.5 Å². The Morgan fingerprint density at radius 1 is 1.00 bits per heavy atom. The standard InChI is InChI=1S/C19H26O2S/c1-11-13(17(2,3)4)12-9-10-22-16(12)15-14(11)20-19(8,21-15)18(5,6)7/h9-10H,1-8H3. The van der Waals surface area contributed by atoms with E-state index in [1.165, 1.54) is 21.2 Å². The number of rotatable bonds is 0. The minimum Gasteiger partial charge on any atom is -0.448 e. The third-order valence-corrected chi connectivity index (χ3v) is 5.68. The van der Waals surface area contributed by atoms with E-state index in [-0.39, 0.29) is 10.8 Å². The molecule has 0 N–H and O–H groups in total. The third kappa shape index (κ3) is 2.05. The molecule has 2 heterocycles. The molecule has 0 saturated heterocycles. The molecule has 1 aliphatic heterocycles. The molecule has 0 amide bonds. The van der Waals surface area contributed by atoms with Gasteiger partial charge in [0.05, 0.1) is 4.70 Å². The Morgan fingerprint density at radius 2 is 1.59 bits per heavy atom. The summed E-state index contributed by atoms with van der Waals surface area (Å²) in [6.07, 6.45) is 0. The van der Waals surface area contributed by atoms with Gasteiger partial charge in [-0.1, -0.05) is 41.5 Å². The van der Waals surface area contributed by atoms with Crippen LogP contribution in [0, 0.1) is 12.3 Å². The van der Waals surface area contributed by atoms with Crippen molar-refractivity contribution in [3.05, 3.63) is 22.6 Å². The van der Waals surface area contributed by atoms with Gasteiger partial charge in [-0.2, -0.15) is 0 Å². The van der Waals surface area contributed by atoms with Crippen molar-refractivity contribution in [3.63, 3.8) is 0 Å². The lowest BCUT2D eigenvalue weighted by Crippen LogP contribution is -2.47. The fourth-order valence-electron chi connectivity index (χ4n) is 3.17. The Hall–Kier alpha value is -1.22. The third-order valence-electron chi connectivity index (χ3n) is 4.77. The maximum atomic E-state index is 6.39. The topological polar surface area (TPSA) is 18.5 Å². The Labute approximate surface area is 137 Å². The van der Waals surface area contributed by atoms with Crippen molar-refractivity contribution in [2.24, 2.45) is 5.41 Å². The molecule has 0 fully saturated rings. The SMILES string of the molecule is Cc1c2c(c3sccc3c1C(C)(C)C)OC(C)(C(C)(C)C)O2. The van der Waals surface area contributed by atoms with E-state index in [2.05, 4.69) is 59.9 Å². The molecule has 0 radical (unpaired) electrons. The average molecular weight is 318 g/mol. The van der Waals surface area contributed by atoms with Crippen LogP contribution in [0.5, 0.6) is 11.5 Å². The highest BCUT2D eigenvalue weighted by Gasteiger charge is 2.49. The quantitative estimate of drug-likeness (QED) is 0.589. The number of hydrogen-bond donors (Lipinski definition) is 0. The fourth-order valence-corrected chi connectivity index (χ4v) is 4.05. The van der Waals surface area contributed by atoms with E-state index >= 15 is 0 Å². The van der Waals surface area contributed by atoms with Crippen LogP contribution >= 0.6 is 11.3 Å². The first-order valence-electron chi connectivity index (χ1n) is 7.88. The normalized spacial score (nSPS) is 21.6. The molecule has 0 aliphatic carbocycles. The van der Waals surface area contributed by atoms with Crippen LogP contribution in [0.3, 0.4) is 0 Å². The Bertz CT molecular complexity index is 743. The molecular weight excluding hydrogens is 292 g/mol. The van der Waals surface area contributed by atoms with Crippen molar-refractivity contribution in [1.82, 2.24) is 0 Å². The zero-order chi connectivity index (χ0) is 16.5. The first kappa shape index (κ1) is 15.7. The minimum atomic E-state index is -0.631. The van der Waals surface area contributed by atoms with E-state index in [0.29, 0.717) is 0 Å². The Kier molecular flexibility index (Phi) is 3.14. The average Bonchev–Trinajstić information content (AvgIpc) is 2.90. The monoisotopic (exact) mass is 318 g/mol. The molecule has 1 unspecified atom stereocenters. The summed E-state index contributed by atoms with van der Waals surface area (Å²) >= 11 is 1.74. The van der Waals surface area contributed by atoms with Crippen LogP contribution < -0.4 is 9.47 Å². The van der Waals surface area contributed by atoms with E-state index in [1.807, 2.05) is 6.92 Å². The highest BCUT2D eigenvalue weighted by molar-refractivity contribution is 7.17. The molecule has 0 spiro atoms. The van der Waals surface area contributed by atoms with Gasteiger partial charge < -0.3 is 9.47 Å². The summed E-state index contributed by atoms with van der Waals surface area (Å²) < 4.78 is 14.0. The van der Waals surface area contributed by atoms with E-state index in [4.69, 9.17) is 9.47 Å². The van der Waals surface area contributed by atoms with Crippen LogP contribution in [0.15, 0.2) is 11.4 Å². The molecule has 120 valence electrons. The van der Waals surface area contributed by atoms with Crippen LogP contribution in [0.25, 0.3) is 10.1 Å². The van der Waals surface area contributed by atoms with Crippen molar-refractivity contribution in [2.75, 3.05) is 0 Å². The van der Waals surface area contributed by atoms with Crippen LogP contribution in [-0.4, -0.2) is 5.79 Å². The largest absolute Gasteiger partial charge is 0.448 e. The minimum absolute atomic E-state index is 0.0719. The lowest BCUT2D eigenvalue weighted by Gasteiger charge is -2.36. The molecule has 1 aromatic carbocycles. The summed E-state index contributed by atoms with van der Waals surface area (Å²) in [6, 6.07) is 2.21. The Morgan fingerprint density at radius 3 is 2.14 bits per heavy atom. The van der Waals surface area contributed by atoms with E-state index in [1.54, 1.807) is 11.3 Å². The molecule has 22 heavy (non-hydrogen) atoms. The number of benzene rings is 1. The van der Waals surface area contributed by atoms with Crippen molar-refractivity contribution in [1.29, 1.82) is 0 Å². The van der Waals surface area contributed by atoms with Crippen LogP contribution in [0.1, 0.15) is 59.6 Å². The van der Waals surface area contributed by atoms with Crippen molar-refractivity contribution in [3.8, 4) is 11.5 Å². The highest BCUT2D eigenvalue weighted by Crippen LogP contribution is 2.55. The van der Waals surface area contributed by atoms with Gasteiger partial charge in [0.1, 0.15) is 0 Å². The number of thiophene rings is 1. The lowest BCUT2D eigenvalue weighted by molar-refractivity contribution is -0.142. The van der Waals surface area contributed by atoms with Gasteiger partial charge in [-0.05, 0) is 34.9 Å². The maximum Gasteiger partial charge on any atom is 0.253 e. The second kappa shape index (κ2) is 4.41. The zero-order valence-corrected chi connectivity index (χ0v) is 15.7. The van der Waals surface area contributed by atoms with Gasteiger partial charge in [0, 0.05) is 17.7 Å². The number of fused-ring (bicyclic) bond motifs is 3. The predicted octanol–water partition coefficient (Wildman–Crippen LogP) is 6.04. The Balaban J connectivity index is 2.31. The van der Waals surface area contributed by atoms with Gasteiger partial charge in [0.25, 0.3) is 5.79 Å². The van der Waals surface area contributed by atoms with Crippen molar-refractivity contribution < 1.29 is 9.47 Å². The summed E-state index contributed by atoms with van der Waals surface area (Å²) in [5.74, 6) is 1.22. The maximum absolute atomic E-state index is 6.39. The molecule has 2 nitrogen and oxygen atoms in total. The van der Waals surface area contributed by atoms with Crippen LogP contribution in [0.2, 0.25) is 0 Å². The molecule has 1 aliphatic rings. The van der Waals surface area contributed by atoms with Gasteiger partial charge >= 0.3 is 0 Å².